The normalized spacial score (nSPS) is 13.7. The Balaban J connectivity index is 1.54. The van der Waals surface area contributed by atoms with Gasteiger partial charge in [-0.05, 0) is 36.2 Å². The number of nitrogens with zero attached hydrogens (tertiary/aromatic N) is 2. The van der Waals surface area contributed by atoms with Gasteiger partial charge in [0.05, 0.1) is 23.9 Å². The van der Waals surface area contributed by atoms with Crippen molar-refractivity contribution in [1.29, 1.82) is 0 Å². The van der Waals surface area contributed by atoms with Crippen molar-refractivity contribution in [1.82, 2.24) is 9.88 Å². The number of benzene rings is 2. The summed E-state index contributed by atoms with van der Waals surface area (Å²) in [6.07, 6.45) is 2.51. The first-order chi connectivity index (χ1) is 16.0. The van der Waals surface area contributed by atoms with E-state index in [0.29, 0.717) is 23.7 Å². The van der Waals surface area contributed by atoms with Crippen molar-refractivity contribution in [3.05, 3.63) is 83.6 Å². The Morgan fingerprint density at radius 3 is 2.45 bits per heavy atom. The summed E-state index contributed by atoms with van der Waals surface area (Å²) in [5.74, 6) is 0.0107. The second-order valence-corrected chi connectivity index (χ2v) is 7.89. The number of aromatic nitrogens is 1. The summed E-state index contributed by atoms with van der Waals surface area (Å²) < 4.78 is 5.38. The van der Waals surface area contributed by atoms with Gasteiger partial charge in [0.2, 0.25) is 0 Å². The van der Waals surface area contributed by atoms with Crippen LogP contribution in [0.3, 0.4) is 0 Å². The van der Waals surface area contributed by atoms with Gasteiger partial charge in [-0.1, -0.05) is 30.3 Å². The minimum atomic E-state index is -0.574. The molecule has 170 valence electrons. The molecule has 1 saturated heterocycles. The number of nitrogens with two attached hydrogens (primary N) is 1. The van der Waals surface area contributed by atoms with Gasteiger partial charge in [0.15, 0.2) is 0 Å². The number of methoxy groups -OCH3 is 1. The molecule has 2 amide bonds. The van der Waals surface area contributed by atoms with E-state index >= 15 is 0 Å². The number of carbonyl (C=O) groups excluding carboxylic acids is 2. The van der Waals surface area contributed by atoms with Crippen LogP contribution < -0.4 is 16.4 Å². The van der Waals surface area contributed by atoms with E-state index in [1.807, 2.05) is 47.4 Å². The Bertz CT molecular complexity index is 1110. The number of likely N-dealkylation sites (tertiary alicyclic amines) is 1. The van der Waals surface area contributed by atoms with E-state index in [0.717, 1.165) is 30.8 Å². The van der Waals surface area contributed by atoms with Gasteiger partial charge in [-0.25, -0.2) is 4.98 Å². The van der Waals surface area contributed by atoms with E-state index in [2.05, 4.69) is 15.6 Å². The van der Waals surface area contributed by atoms with Crippen LogP contribution in [0.2, 0.25) is 0 Å². The van der Waals surface area contributed by atoms with Crippen LogP contribution in [-0.4, -0.2) is 48.5 Å². The summed E-state index contributed by atoms with van der Waals surface area (Å²) in [6.45, 7) is 2.04. The van der Waals surface area contributed by atoms with E-state index < -0.39 is 5.91 Å². The lowest BCUT2D eigenvalue weighted by Crippen LogP contribution is -2.41. The van der Waals surface area contributed by atoms with Gasteiger partial charge in [-0.3, -0.25) is 9.59 Å². The van der Waals surface area contributed by atoms with Crippen molar-refractivity contribution in [2.75, 3.05) is 37.4 Å². The lowest BCUT2D eigenvalue weighted by molar-refractivity contribution is 0.0651. The molecule has 1 unspecified atom stereocenters. The second-order valence-electron chi connectivity index (χ2n) is 7.89. The van der Waals surface area contributed by atoms with Crippen LogP contribution in [0.5, 0.6) is 0 Å². The summed E-state index contributed by atoms with van der Waals surface area (Å²) in [5.41, 5.74) is 8.87. The van der Waals surface area contributed by atoms with E-state index in [4.69, 9.17) is 10.5 Å². The molecule has 1 aliphatic rings. The van der Waals surface area contributed by atoms with E-state index in [-0.39, 0.29) is 17.5 Å². The second kappa shape index (κ2) is 10.1. The third kappa shape index (κ3) is 5.30. The van der Waals surface area contributed by atoms with Crippen molar-refractivity contribution in [2.45, 2.75) is 12.5 Å². The molecule has 33 heavy (non-hydrogen) atoms. The Morgan fingerprint density at radius 1 is 1.12 bits per heavy atom. The first-order valence-corrected chi connectivity index (χ1v) is 10.8. The van der Waals surface area contributed by atoms with Gasteiger partial charge >= 0.3 is 0 Å². The summed E-state index contributed by atoms with van der Waals surface area (Å²) in [4.78, 5) is 30.5. The van der Waals surface area contributed by atoms with Gasteiger partial charge in [0, 0.05) is 43.7 Å². The van der Waals surface area contributed by atoms with Gasteiger partial charge in [0.1, 0.15) is 5.82 Å². The Kier molecular flexibility index (Phi) is 6.85. The lowest BCUT2D eigenvalue weighted by atomic mass is 10.1. The zero-order chi connectivity index (χ0) is 23.2. The van der Waals surface area contributed by atoms with Crippen LogP contribution in [0.15, 0.2) is 66.9 Å². The van der Waals surface area contributed by atoms with Crippen molar-refractivity contribution < 1.29 is 14.3 Å². The van der Waals surface area contributed by atoms with Crippen molar-refractivity contribution >= 4 is 29.0 Å². The summed E-state index contributed by atoms with van der Waals surface area (Å²) >= 11 is 0. The number of anilines is 3. The first-order valence-electron chi connectivity index (χ1n) is 10.8. The fourth-order valence-electron chi connectivity index (χ4n) is 3.65. The van der Waals surface area contributed by atoms with Crippen molar-refractivity contribution in [3.8, 4) is 0 Å². The van der Waals surface area contributed by atoms with Gasteiger partial charge in [-0.2, -0.15) is 0 Å². The molecule has 1 aliphatic heterocycles. The SMILES string of the molecule is COCC(Nc1cc(Nc2ccc(C(=O)N3CCC3)cc2)ncc1C(N)=O)c1ccccc1. The molecular weight excluding hydrogens is 418 g/mol. The van der Waals surface area contributed by atoms with E-state index in [9.17, 15) is 9.59 Å². The maximum atomic E-state index is 12.3. The molecule has 0 bridgehead atoms. The number of hydrogen-bond acceptors (Lipinski definition) is 6. The quantitative estimate of drug-likeness (QED) is 0.465. The summed E-state index contributed by atoms with van der Waals surface area (Å²) in [5, 5.41) is 6.59. The standard InChI is InChI=1S/C25H27N5O3/c1-33-16-22(17-6-3-2-4-7-17)29-21-14-23(27-15-20(21)24(26)31)28-19-10-8-18(9-11-19)25(32)30-12-5-13-30/h2-4,6-11,14-15,22H,5,12-13,16H2,1H3,(H2,26,31)(H2,27,28,29). The van der Waals surface area contributed by atoms with Crippen LogP contribution in [0.25, 0.3) is 0 Å². The zero-order valence-electron chi connectivity index (χ0n) is 18.5. The number of amides is 2. The number of ether oxygens (including phenoxy) is 1. The zero-order valence-corrected chi connectivity index (χ0v) is 18.5. The van der Waals surface area contributed by atoms with Crippen LogP contribution in [0.1, 0.15) is 38.7 Å². The van der Waals surface area contributed by atoms with Crippen LogP contribution in [-0.2, 0) is 4.74 Å². The number of nitrogens with one attached hydrogen (secondary N) is 2. The minimum Gasteiger partial charge on any atom is -0.382 e. The van der Waals surface area contributed by atoms with Gasteiger partial charge in [0.25, 0.3) is 11.8 Å². The number of primary amides is 1. The predicted octanol–water partition coefficient (Wildman–Crippen LogP) is 3.57. The molecule has 2 heterocycles. The summed E-state index contributed by atoms with van der Waals surface area (Å²) in [6, 6.07) is 18.6. The molecule has 3 aromatic rings. The largest absolute Gasteiger partial charge is 0.382 e. The average molecular weight is 446 g/mol. The van der Waals surface area contributed by atoms with E-state index in [1.54, 1.807) is 25.3 Å². The van der Waals surface area contributed by atoms with Crippen molar-refractivity contribution in [3.63, 3.8) is 0 Å². The summed E-state index contributed by atoms with van der Waals surface area (Å²) in [7, 11) is 1.63. The fraction of sp³-hybridized carbons (Fsp3) is 0.240. The molecule has 4 rings (SSSR count). The minimum absolute atomic E-state index is 0.0494. The Hall–Kier alpha value is -3.91. The third-order valence-electron chi connectivity index (χ3n) is 5.58. The molecule has 0 aliphatic carbocycles. The Morgan fingerprint density at radius 2 is 1.85 bits per heavy atom. The molecular formula is C25H27N5O3. The maximum absolute atomic E-state index is 12.3. The molecule has 2 aromatic carbocycles. The molecule has 1 atom stereocenters. The highest BCUT2D eigenvalue weighted by molar-refractivity contribution is 5.99. The van der Waals surface area contributed by atoms with Gasteiger partial charge in [-0.15, -0.1) is 0 Å². The molecule has 0 saturated carbocycles. The fourth-order valence-corrected chi connectivity index (χ4v) is 3.65. The van der Waals surface area contributed by atoms with E-state index in [1.165, 1.54) is 6.20 Å². The predicted molar refractivity (Wildman–Crippen MR) is 128 cm³/mol. The smallest absolute Gasteiger partial charge is 0.253 e. The van der Waals surface area contributed by atoms with Crippen molar-refractivity contribution in [2.24, 2.45) is 5.73 Å². The topological polar surface area (TPSA) is 110 Å². The number of pyridine rings is 1. The monoisotopic (exact) mass is 445 g/mol. The molecule has 0 spiro atoms. The first kappa shape index (κ1) is 22.3. The molecule has 8 nitrogen and oxygen atoms in total. The van der Waals surface area contributed by atoms with Gasteiger partial charge < -0.3 is 26.0 Å². The number of hydrogen-bond donors (Lipinski definition) is 3. The Labute approximate surface area is 192 Å². The van der Waals surface area contributed by atoms with Crippen LogP contribution in [0, 0.1) is 0 Å². The molecule has 0 radical (unpaired) electrons. The number of rotatable bonds is 9. The molecule has 1 aromatic heterocycles. The highest BCUT2D eigenvalue weighted by Gasteiger charge is 2.21. The molecule has 8 heteroatoms. The maximum Gasteiger partial charge on any atom is 0.253 e. The van der Waals surface area contributed by atoms with Crippen LogP contribution >= 0.6 is 0 Å². The molecule has 1 fully saturated rings. The van der Waals surface area contributed by atoms with Crippen LogP contribution in [0.4, 0.5) is 17.2 Å². The average Bonchev–Trinajstić information content (AvgIpc) is 2.79. The highest BCUT2D eigenvalue weighted by Crippen LogP contribution is 2.26. The molecule has 4 N–H and O–H groups in total. The highest BCUT2D eigenvalue weighted by atomic mass is 16.5. The number of carbonyl (C=O) groups is 2. The third-order valence-corrected chi connectivity index (χ3v) is 5.58. The lowest BCUT2D eigenvalue weighted by Gasteiger charge is -2.30.